The highest BCUT2D eigenvalue weighted by Crippen LogP contribution is 2.64. The van der Waals surface area contributed by atoms with Crippen molar-refractivity contribution in [2.75, 3.05) is 11.5 Å². The van der Waals surface area contributed by atoms with Gasteiger partial charge in [0.1, 0.15) is 11.6 Å². The molecule has 0 radical (unpaired) electrons. The van der Waals surface area contributed by atoms with Crippen LogP contribution in [0.2, 0.25) is 0 Å². The van der Waals surface area contributed by atoms with E-state index in [1.807, 2.05) is 23.6 Å². The lowest BCUT2D eigenvalue weighted by atomic mass is 9.67. The van der Waals surface area contributed by atoms with Gasteiger partial charge in [-0.25, -0.2) is 4.98 Å². The van der Waals surface area contributed by atoms with Crippen LogP contribution in [0, 0.1) is 17.8 Å². The summed E-state index contributed by atoms with van der Waals surface area (Å²) in [6, 6.07) is 5.80. The maximum atomic E-state index is 12.8. The zero-order valence-corrected chi connectivity index (χ0v) is 18.2. The minimum atomic E-state index is -0.0212. The lowest BCUT2D eigenvalue weighted by Gasteiger charge is -2.51. The summed E-state index contributed by atoms with van der Waals surface area (Å²) in [6.07, 6.45) is 7.66. The summed E-state index contributed by atoms with van der Waals surface area (Å²) in [6.45, 7) is 0.267. The molecule has 0 amide bonds. The fourth-order valence-electron chi connectivity index (χ4n) is 5.04. The Hall–Kier alpha value is -1.05. The zero-order valence-electron chi connectivity index (χ0n) is 15.7. The number of esters is 1. The number of nitrogens with zero attached hydrogens (tertiary/aromatic N) is 2. The van der Waals surface area contributed by atoms with E-state index in [1.165, 1.54) is 30.8 Å². The third kappa shape index (κ3) is 3.50. The van der Waals surface area contributed by atoms with Crippen molar-refractivity contribution in [3.8, 4) is 10.7 Å². The first-order chi connectivity index (χ1) is 13.7. The third-order valence-electron chi connectivity index (χ3n) is 6.25. The predicted molar refractivity (Wildman–Crippen MR) is 116 cm³/mol. The van der Waals surface area contributed by atoms with E-state index in [-0.39, 0.29) is 18.5 Å². The summed E-state index contributed by atoms with van der Waals surface area (Å²) in [5.41, 5.74) is 1.68. The molecule has 1 saturated heterocycles. The molecule has 3 heterocycles. The monoisotopic (exact) mass is 432 g/mol. The maximum Gasteiger partial charge on any atom is 0.309 e. The van der Waals surface area contributed by atoms with Gasteiger partial charge in [0, 0.05) is 23.1 Å². The molecule has 2 bridgehead atoms. The zero-order chi connectivity index (χ0) is 19.0. The average Bonchev–Trinajstić information content (AvgIpc) is 3.37. The van der Waals surface area contributed by atoms with Gasteiger partial charge in [-0.3, -0.25) is 9.78 Å². The Morgan fingerprint density at radius 1 is 1.18 bits per heavy atom. The molecule has 2 aromatic heterocycles. The number of pyridine rings is 1. The normalized spacial score (nSPS) is 28.4. The van der Waals surface area contributed by atoms with Crippen LogP contribution in [0.15, 0.2) is 29.8 Å². The molecule has 2 unspecified atom stereocenters. The number of ether oxygens (including phenoxy) is 1. The van der Waals surface area contributed by atoms with E-state index in [1.54, 1.807) is 17.5 Å². The van der Waals surface area contributed by atoms with Crippen LogP contribution >= 0.6 is 34.9 Å². The Bertz CT molecular complexity index is 819. The molecule has 2 aliphatic carbocycles. The number of carbonyl (C=O) groups is 1. The number of carbonyl (C=O) groups excluding carboxylic acids is 1. The van der Waals surface area contributed by atoms with E-state index >= 15 is 0 Å². The number of rotatable bonds is 4. The van der Waals surface area contributed by atoms with Crippen molar-refractivity contribution in [2.24, 2.45) is 17.8 Å². The molecule has 3 fully saturated rings. The topological polar surface area (TPSA) is 52.1 Å². The van der Waals surface area contributed by atoms with Crippen molar-refractivity contribution in [3.63, 3.8) is 0 Å². The second-order valence-corrected chi connectivity index (χ2v) is 11.7. The van der Waals surface area contributed by atoms with Crippen molar-refractivity contribution in [1.29, 1.82) is 0 Å². The van der Waals surface area contributed by atoms with Crippen LogP contribution in [0.4, 0.5) is 0 Å². The van der Waals surface area contributed by atoms with Crippen LogP contribution < -0.4 is 0 Å². The van der Waals surface area contributed by atoms with Crippen LogP contribution in [0.1, 0.15) is 37.8 Å². The molecule has 2 atom stereocenters. The van der Waals surface area contributed by atoms with Gasteiger partial charge >= 0.3 is 5.97 Å². The van der Waals surface area contributed by atoms with E-state index in [0.717, 1.165) is 29.2 Å². The lowest BCUT2D eigenvalue weighted by Crippen LogP contribution is -2.48. The van der Waals surface area contributed by atoms with Gasteiger partial charge in [-0.2, -0.15) is 0 Å². The smallest absolute Gasteiger partial charge is 0.309 e. The largest absolute Gasteiger partial charge is 0.459 e. The van der Waals surface area contributed by atoms with Gasteiger partial charge < -0.3 is 4.74 Å². The fraction of sp³-hybridized carbons (Fsp3) is 0.571. The molecule has 3 aliphatic rings. The van der Waals surface area contributed by atoms with Crippen molar-refractivity contribution in [3.05, 3.63) is 35.5 Å². The molecule has 1 spiro atoms. The molecule has 148 valence electrons. The van der Waals surface area contributed by atoms with Gasteiger partial charge in [-0.15, -0.1) is 34.9 Å². The molecular formula is C21H24N2O2S3. The van der Waals surface area contributed by atoms with Gasteiger partial charge in [0.2, 0.25) is 0 Å². The van der Waals surface area contributed by atoms with Gasteiger partial charge in [0.15, 0.2) is 0 Å². The van der Waals surface area contributed by atoms with E-state index in [4.69, 9.17) is 4.74 Å². The quantitative estimate of drug-likeness (QED) is 0.615. The second-order valence-electron chi connectivity index (χ2n) is 7.88. The first-order valence-electron chi connectivity index (χ1n) is 10.0. The Kier molecular flexibility index (Phi) is 5.41. The van der Waals surface area contributed by atoms with Crippen LogP contribution in [0.5, 0.6) is 0 Å². The molecule has 28 heavy (non-hydrogen) atoms. The molecule has 2 aromatic rings. The van der Waals surface area contributed by atoms with Crippen molar-refractivity contribution in [1.82, 2.24) is 9.97 Å². The highest BCUT2D eigenvalue weighted by molar-refractivity contribution is 8.21. The van der Waals surface area contributed by atoms with Gasteiger partial charge in [-0.05, 0) is 49.7 Å². The highest BCUT2D eigenvalue weighted by Gasteiger charge is 2.55. The Balaban J connectivity index is 1.21. The van der Waals surface area contributed by atoms with E-state index in [2.05, 4.69) is 33.5 Å². The molecule has 5 rings (SSSR count). The molecule has 0 aromatic carbocycles. The minimum Gasteiger partial charge on any atom is -0.459 e. The predicted octanol–water partition coefficient (Wildman–Crippen LogP) is 5.25. The Labute approximate surface area is 178 Å². The molecule has 7 heteroatoms. The lowest BCUT2D eigenvalue weighted by molar-refractivity contribution is -0.153. The van der Waals surface area contributed by atoms with Crippen LogP contribution in [-0.2, 0) is 16.1 Å². The Morgan fingerprint density at radius 3 is 2.68 bits per heavy atom. The SMILES string of the molecule is O=C(OCc1csc(-c2ccccn2)n1)C1CC2CCCC(C1)C21SCCS1. The summed E-state index contributed by atoms with van der Waals surface area (Å²) in [7, 11) is 0. The molecular weight excluding hydrogens is 408 g/mol. The van der Waals surface area contributed by atoms with E-state index in [9.17, 15) is 4.79 Å². The number of aromatic nitrogens is 2. The summed E-state index contributed by atoms with van der Waals surface area (Å²) >= 11 is 5.90. The van der Waals surface area contributed by atoms with Crippen molar-refractivity contribution in [2.45, 2.75) is 42.8 Å². The van der Waals surface area contributed by atoms with Crippen molar-refractivity contribution >= 4 is 40.8 Å². The standard InChI is InChI=1S/C21H24N2O2S3/c24-20(25-12-17-13-26-19(23-17)18-6-1-2-7-22-18)14-10-15-4-3-5-16(11-14)21(15)27-8-9-28-21/h1-2,6-7,13-16H,3-5,8-12H2. The highest BCUT2D eigenvalue weighted by atomic mass is 32.2. The van der Waals surface area contributed by atoms with Crippen LogP contribution in [0.25, 0.3) is 10.7 Å². The first-order valence-corrected chi connectivity index (χ1v) is 12.9. The molecule has 4 nitrogen and oxygen atoms in total. The summed E-state index contributed by atoms with van der Waals surface area (Å²) in [4.78, 5) is 21.7. The van der Waals surface area contributed by atoms with Crippen LogP contribution in [-0.4, -0.2) is 31.5 Å². The first kappa shape index (κ1) is 18.9. The number of thioether (sulfide) groups is 2. The molecule has 1 aliphatic heterocycles. The van der Waals surface area contributed by atoms with Gasteiger partial charge in [0.25, 0.3) is 0 Å². The van der Waals surface area contributed by atoms with E-state index < -0.39 is 0 Å². The van der Waals surface area contributed by atoms with Gasteiger partial charge in [0.05, 0.1) is 21.4 Å². The van der Waals surface area contributed by atoms with Crippen molar-refractivity contribution < 1.29 is 9.53 Å². The number of hydrogen-bond acceptors (Lipinski definition) is 7. The van der Waals surface area contributed by atoms with Gasteiger partial charge in [-0.1, -0.05) is 12.5 Å². The minimum absolute atomic E-state index is 0.0212. The molecule has 2 saturated carbocycles. The molecule has 0 N–H and O–H groups in total. The van der Waals surface area contributed by atoms with Crippen LogP contribution in [0.3, 0.4) is 0 Å². The summed E-state index contributed by atoms with van der Waals surface area (Å²) in [5.74, 6) is 3.93. The Morgan fingerprint density at radius 2 is 1.96 bits per heavy atom. The third-order valence-corrected chi connectivity index (χ3v) is 11.2. The van der Waals surface area contributed by atoms with E-state index in [0.29, 0.717) is 15.9 Å². The number of hydrogen-bond donors (Lipinski definition) is 0. The average molecular weight is 433 g/mol. The summed E-state index contributed by atoms with van der Waals surface area (Å²) < 4.78 is 6.11. The fourth-order valence-corrected chi connectivity index (χ4v) is 9.76. The second kappa shape index (κ2) is 8.00. The summed E-state index contributed by atoms with van der Waals surface area (Å²) in [5, 5.41) is 2.84. The number of thiazole rings is 1. The maximum absolute atomic E-state index is 12.8.